The number of fused-ring (bicyclic) bond motifs is 1. The Kier molecular flexibility index (Phi) is 4.79. The Labute approximate surface area is 144 Å². The Bertz CT molecular complexity index is 803. The molecule has 1 N–H and O–H groups in total. The lowest BCUT2D eigenvalue weighted by atomic mass is 9.92. The van der Waals surface area contributed by atoms with E-state index in [1.165, 1.54) is 24.0 Å². The largest absolute Gasteiger partial charge is 0.350 e. The highest BCUT2D eigenvalue weighted by molar-refractivity contribution is 5.88. The summed E-state index contributed by atoms with van der Waals surface area (Å²) in [7, 11) is 0. The zero-order valence-corrected chi connectivity index (χ0v) is 13.8. The van der Waals surface area contributed by atoms with Gasteiger partial charge < -0.3 is 10.2 Å². The van der Waals surface area contributed by atoms with E-state index in [-0.39, 0.29) is 18.4 Å². The molecular weight excluding hydrogens is 326 g/mol. The smallest absolute Gasteiger partial charge is 0.247 e. The number of hydrogen-bond donors (Lipinski definition) is 1. The molecule has 0 saturated heterocycles. The fourth-order valence-corrected chi connectivity index (χ4v) is 3.19. The van der Waals surface area contributed by atoms with Crippen LogP contribution in [0.2, 0.25) is 0 Å². The third-order valence-corrected chi connectivity index (χ3v) is 4.33. The predicted molar refractivity (Wildman–Crippen MR) is 88.5 cm³/mol. The van der Waals surface area contributed by atoms with Gasteiger partial charge in [0.1, 0.15) is 17.7 Å². The first-order chi connectivity index (χ1) is 12.0. The maximum Gasteiger partial charge on any atom is 0.247 e. The van der Waals surface area contributed by atoms with Crippen molar-refractivity contribution < 1.29 is 18.4 Å². The van der Waals surface area contributed by atoms with Crippen LogP contribution in [-0.2, 0) is 22.6 Å². The van der Waals surface area contributed by atoms with Crippen molar-refractivity contribution in [3.8, 4) is 0 Å². The molecule has 25 heavy (non-hydrogen) atoms. The Morgan fingerprint density at radius 3 is 2.52 bits per heavy atom. The minimum absolute atomic E-state index is 0.0159. The van der Waals surface area contributed by atoms with E-state index < -0.39 is 17.7 Å². The molecule has 0 aromatic heterocycles. The summed E-state index contributed by atoms with van der Waals surface area (Å²) in [5.74, 6) is -1.95. The predicted octanol–water partition coefficient (Wildman–Crippen LogP) is 2.73. The molecule has 1 heterocycles. The number of halogens is 2. The molecule has 1 aliphatic rings. The number of carbonyl (C=O) groups excluding carboxylic acids is 2. The lowest BCUT2D eigenvalue weighted by Gasteiger charge is -2.35. The van der Waals surface area contributed by atoms with Gasteiger partial charge >= 0.3 is 0 Å². The van der Waals surface area contributed by atoms with Gasteiger partial charge in [-0.3, -0.25) is 9.59 Å². The number of rotatable bonds is 3. The summed E-state index contributed by atoms with van der Waals surface area (Å²) in [6, 6.07) is 9.87. The average Bonchev–Trinajstić information content (AvgIpc) is 2.57. The standard InChI is InChI=1S/C19H18F2N2O2/c1-12(24)23-7-6-14-4-2-3-5-17(14)18(23)19(25)22-11-13-8-15(20)10-16(21)9-13/h2-5,8-10,18H,6-7,11H2,1H3,(H,22,25). The maximum atomic E-state index is 13.3. The number of hydrogen-bond acceptors (Lipinski definition) is 2. The summed E-state index contributed by atoms with van der Waals surface area (Å²) in [6.07, 6.45) is 0.689. The van der Waals surface area contributed by atoms with Crippen molar-refractivity contribution >= 4 is 11.8 Å². The first-order valence-electron chi connectivity index (χ1n) is 8.03. The molecule has 130 valence electrons. The van der Waals surface area contributed by atoms with Crippen molar-refractivity contribution in [2.24, 2.45) is 0 Å². The molecule has 1 aliphatic heterocycles. The van der Waals surface area contributed by atoms with Crippen molar-refractivity contribution in [1.29, 1.82) is 0 Å². The van der Waals surface area contributed by atoms with Crippen LogP contribution in [0.5, 0.6) is 0 Å². The zero-order chi connectivity index (χ0) is 18.0. The van der Waals surface area contributed by atoms with Crippen LogP contribution in [0.25, 0.3) is 0 Å². The second kappa shape index (κ2) is 7.01. The van der Waals surface area contributed by atoms with Crippen LogP contribution in [0.3, 0.4) is 0 Å². The maximum absolute atomic E-state index is 13.3. The van der Waals surface area contributed by atoms with Crippen molar-refractivity contribution in [3.63, 3.8) is 0 Å². The molecule has 2 amide bonds. The van der Waals surface area contributed by atoms with Crippen LogP contribution in [0, 0.1) is 11.6 Å². The highest BCUT2D eigenvalue weighted by Crippen LogP contribution is 2.30. The molecule has 0 fully saturated rings. The molecule has 0 spiro atoms. The lowest BCUT2D eigenvalue weighted by Crippen LogP contribution is -2.46. The summed E-state index contributed by atoms with van der Waals surface area (Å²) in [6.45, 7) is 1.87. The quantitative estimate of drug-likeness (QED) is 0.931. The van der Waals surface area contributed by atoms with Gasteiger partial charge in [0.15, 0.2) is 0 Å². The van der Waals surface area contributed by atoms with Crippen molar-refractivity contribution in [2.75, 3.05) is 6.54 Å². The SMILES string of the molecule is CC(=O)N1CCc2ccccc2C1C(=O)NCc1cc(F)cc(F)c1. The van der Waals surface area contributed by atoms with Gasteiger partial charge in [0, 0.05) is 26.1 Å². The zero-order valence-electron chi connectivity index (χ0n) is 13.8. The lowest BCUT2D eigenvalue weighted by molar-refractivity contribution is -0.139. The Morgan fingerprint density at radius 1 is 1.16 bits per heavy atom. The molecule has 0 radical (unpaired) electrons. The molecule has 0 saturated carbocycles. The number of amides is 2. The second-order valence-corrected chi connectivity index (χ2v) is 6.06. The molecule has 1 unspecified atom stereocenters. The van der Waals surface area contributed by atoms with Gasteiger partial charge in [-0.05, 0) is 35.2 Å². The first kappa shape index (κ1) is 17.1. The molecule has 1 atom stereocenters. The fourth-order valence-electron chi connectivity index (χ4n) is 3.19. The second-order valence-electron chi connectivity index (χ2n) is 6.06. The number of benzene rings is 2. The van der Waals surface area contributed by atoms with Crippen LogP contribution in [0.4, 0.5) is 8.78 Å². The topological polar surface area (TPSA) is 49.4 Å². The van der Waals surface area contributed by atoms with E-state index in [1.54, 1.807) is 0 Å². The van der Waals surface area contributed by atoms with Gasteiger partial charge in [-0.25, -0.2) is 8.78 Å². The first-order valence-corrected chi connectivity index (χ1v) is 8.03. The van der Waals surface area contributed by atoms with Crippen LogP contribution >= 0.6 is 0 Å². The van der Waals surface area contributed by atoms with Crippen LogP contribution in [-0.4, -0.2) is 23.3 Å². The summed E-state index contributed by atoms with van der Waals surface area (Å²) >= 11 is 0. The van der Waals surface area contributed by atoms with Gasteiger partial charge in [-0.15, -0.1) is 0 Å². The summed E-state index contributed by atoms with van der Waals surface area (Å²) in [5.41, 5.74) is 2.13. The third kappa shape index (κ3) is 3.68. The molecule has 6 heteroatoms. The van der Waals surface area contributed by atoms with Gasteiger partial charge in [0.2, 0.25) is 11.8 Å². The number of carbonyl (C=O) groups is 2. The van der Waals surface area contributed by atoms with Gasteiger partial charge in [0.25, 0.3) is 0 Å². The fraction of sp³-hybridized carbons (Fsp3) is 0.263. The molecule has 0 aliphatic carbocycles. The van der Waals surface area contributed by atoms with E-state index in [0.717, 1.165) is 17.2 Å². The summed E-state index contributed by atoms with van der Waals surface area (Å²) in [4.78, 5) is 26.2. The summed E-state index contributed by atoms with van der Waals surface area (Å²) in [5, 5.41) is 2.68. The van der Waals surface area contributed by atoms with Gasteiger partial charge in [-0.2, -0.15) is 0 Å². The van der Waals surface area contributed by atoms with E-state index in [0.29, 0.717) is 18.5 Å². The average molecular weight is 344 g/mol. The van der Waals surface area contributed by atoms with Crippen molar-refractivity contribution in [2.45, 2.75) is 25.9 Å². The van der Waals surface area contributed by atoms with Crippen LogP contribution in [0.1, 0.15) is 29.7 Å². The molecule has 2 aromatic rings. The molecular formula is C19H18F2N2O2. The third-order valence-electron chi connectivity index (χ3n) is 4.33. The van der Waals surface area contributed by atoms with E-state index in [4.69, 9.17) is 0 Å². The van der Waals surface area contributed by atoms with E-state index in [2.05, 4.69) is 5.32 Å². The highest BCUT2D eigenvalue weighted by atomic mass is 19.1. The van der Waals surface area contributed by atoms with E-state index in [9.17, 15) is 18.4 Å². The minimum atomic E-state index is -0.735. The minimum Gasteiger partial charge on any atom is -0.350 e. The number of nitrogens with zero attached hydrogens (tertiary/aromatic N) is 1. The van der Waals surface area contributed by atoms with Gasteiger partial charge in [-0.1, -0.05) is 24.3 Å². The number of nitrogens with one attached hydrogen (secondary N) is 1. The molecule has 4 nitrogen and oxygen atoms in total. The molecule has 3 rings (SSSR count). The highest BCUT2D eigenvalue weighted by Gasteiger charge is 2.34. The van der Waals surface area contributed by atoms with Crippen molar-refractivity contribution in [1.82, 2.24) is 10.2 Å². The monoisotopic (exact) mass is 344 g/mol. The molecule has 0 bridgehead atoms. The molecule has 2 aromatic carbocycles. The Balaban J connectivity index is 1.82. The van der Waals surface area contributed by atoms with E-state index in [1.807, 2.05) is 24.3 Å². The van der Waals surface area contributed by atoms with Crippen molar-refractivity contribution in [3.05, 3.63) is 70.8 Å². The van der Waals surface area contributed by atoms with Crippen LogP contribution < -0.4 is 5.32 Å². The van der Waals surface area contributed by atoms with Gasteiger partial charge in [0.05, 0.1) is 0 Å². The normalized spacial score (nSPS) is 16.3. The Hall–Kier alpha value is -2.76. The van der Waals surface area contributed by atoms with Crippen LogP contribution in [0.15, 0.2) is 42.5 Å². The summed E-state index contributed by atoms with van der Waals surface area (Å²) < 4.78 is 26.5. The Morgan fingerprint density at radius 2 is 1.84 bits per heavy atom. The van der Waals surface area contributed by atoms with E-state index >= 15 is 0 Å².